The molecule has 20 heavy (non-hydrogen) atoms. The number of hydrogen-bond donors (Lipinski definition) is 2. The van der Waals surface area contributed by atoms with Crippen LogP contribution in [0.1, 0.15) is 13.8 Å². The summed E-state index contributed by atoms with van der Waals surface area (Å²) in [7, 11) is 0. The van der Waals surface area contributed by atoms with E-state index < -0.39 is 12.1 Å². The van der Waals surface area contributed by atoms with Crippen molar-refractivity contribution < 1.29 is 19.4 Å². The third-order valence-corrected chi connectivity index (χ3v) is 2.43. The molecule has 1 heterocycles. The Hall–Kier alpha value is -2.41. The zero-order chi connectivity index (χ0) is 14.7. The van der Waals surface area contributed by atoms with Crippen LogP contribution in [0.15, 0.2) is 24.3 Å². The van der Waals surface area contributed by atoms with Gasteiger partial charge in [-0.25, -0.2) is 4.79 Å². The molecule has 0 amide bonds. The summed E-state index contributed by atoms with van der Waals surface area (Å²) in [6, 6.07) is 3.21. The van der Waals surface area contributed by atoms with E-state index in [1.54, 1.807) is 26.0 Å². The monoisotopic (exact) mass is 277 g/mol. The van der Waals surface area contributed by atoms with E-state index >= 15 is 0 Å². The zero-order valence-corrected chi connectivity index (χ0v) is 11.2. The number of ether oxygens (including phenoxy) is 2. The Bertz CT molecular complexity index is 648. The van der Waals surface area contributed by atoms with Crippen molar-refractivity contribution >= 4 is 17.0 Å². The Labute approximate surface area is 115 Å². The molecule has 106 valence electrons. The maximum absolute atomic E-state index is 11.6. The Morgan fingerprint density at radius 3 is 2.90 bits per heavy atom. The van der Waals surface area contributed by atoms with Gasteiger partial charge in [0.25, 0.3) is 0 Å². The molecule has 1 unspecified atom stereocenters. The second kappa shape index (κ2) is 5.70. The van der Waals surface area contributed by atoms with Gasteiger partial charge in [0, 0.05) is 5.57 Å². The van der Waals surface area contributed by atoms with Crippen LogP contribution in [0, 0.1) is 0 Å². The summed E-state index contributed by atoms with van der Waals surface area (Å²) in [6.07, 6.45) is -0.665. The summed E-state index contributed by atoms with van der Waals surface area (Å²) >= 11 is 0. The van der Waals surface area contributed by atoms with Gasteiger partial charge in [0.05, 0.1) is 6.10 Å². The van der Waals surface area contributed by atoms with E-state index in [1.165, 1.54) is 0 Å². The van der Waals surface area contributed by atoms with Crippen LogP contribution in [0.25, 0.3) is 11.0 Å². The minimum Gasteiger partial charge on any atom is -0.485 e. The Morgan fingerprint density at radius 1 is 1.50 bits per heavy atom. The van der Waals surface area contributed by atoms with E-state index in [0.29, 0.717) is 11.0 Å². The molecule has 0 spiro atoms. The minimum absolute atomic E-state index is 0.0452. The van der Waals surface area contributed by atoms with Gasteiger partial charge in [-0.3, -0.25) is 0 Å². The topological polar surface area (TPSA) is 97.3 Å². The number of aliphatic hydroxyl groups is 1. The molecule has 1 atom stereocenters. The van der Waals surface area contributed by atoms with Crippen LogP contribution >= 0.6 is 0 Å². The number of nitrogens with zero attached hydrogens (tertiary/aromatic N) is 2. The number of benzene rings is 1. The first kappa shape index (κ1) is 14.0. The van der Waals surface area contributed by atoms with Gasteiger partial charge in [-0.15, -0.1) is 0 Å². The number of fused-ring (bicyclic) bond motifs is 1. The Kier molecular flexibility index (Phi) is 3.99. The van der Waals surface area contributed by atoms with Crippen LogP contribution in [0.3, 0.4) is 0 Å². The molecule has 0 saturated carbocycles. The highest BCUT2D eigenvalue weighted by atomic mass is 16.6. The average Bonchev–Trinajstić information content (AvgIpc) is 2.85. The number of hydrogen-bond acceptors (Lipinski definition) is 6. The van der Waals surface area contributed by atoms with Gasteiger partial charge in [-0.05, 0) is 26.0 Å². The van der Waals surface area contributed by atoms with Gasteiger partial charge >= 0.3 is 5.97 Å². The molecule has 0 radical (unpaired) electrons. The summed E-state index contributed by atoms with van der Waals surface area (Å²) in [5, 5.41) is 19.7. The molecule has 2 rings (SSSR count). The van der Waals surface area contributed by atoms with Crippen LogP contribution < -0.4 is 9.47 Å². The molecular weight excluding hydrogens is 262 g/mol. The van der Waals surface area contributed by atoms with Crippen molar-refractivity contribution in [2.75, 3.05) is 6.61 Å². The third-order valence-electron chi connectivity index (χ3n) is 2.43. The number of carbonyl (C=O) groups excluding carboxylic acids is 1. The molecule has 0 bridgehead atoms. The predicted molar refractivity (Wildman–Crippen MR) is 71.5 cm³/mol. The van der Waals surface area contributed by atoms with E-state index in [4.69, 9.17) is 9.47 Å². The predicted octanol–water partition coefficient (Wildman–Crippen LogP) is 1.20. The highest BCUT2D eigenvalue weighted by molar-refractivity contribution is 5.91. The maximum atomic E-state index is 11.6. The van der Waals surface area contributed by atoms with Crippen molar-refractivity contribution in [3.63, 3.8) is 0 Å². The normalized spacial score (nSPS) is 12.2. The molecular formula is C13H15N3O4. The van der Waals surface area contributed by atoms with Crippen LogP contribution in [0.4, 0.5) is 0 Å². The van der Waals surface area contributed by atoms with Gasteiger partial charge in [0.1, 0.15) is 12.1 Å². The largest absolute Gasteiger partial charge is 0.485 e. The molecule has 0 aliphatic rings. The number of H-pyrrole nitrogens is 1. The van der Waals surface area contributed by atoms with Gasteiger partial charge in [-0.1, -0.05) is 6.58 Å². The molecule has 2 aromatic rings. The van der Waals surface area contributed by atoms with Crippen LogP contribution in [-0.4, -0.2) is 39.2 Å². The lowest BCUT2D eigenvalue weighted by atomic mass is 10.2. The standard InChI is InChI=1S/C13H15N3O4/c1-7(2)13(18)20-10-5-4-9-11(15-16-14-9)12(10)19-6-8(3)17/h4-5,8,17H,1,6H2,2-3H3,(H,14,15,16). The van der Waals surface area contributed by atoms with Crippen molar-refractivity contribution in [2.24, 2.45) is 0 Å². The molecule has 0 fully saturated rings. The molecule has 7 heteroatoms. The number of nitrogens with one attached hydrogen (secondary N) is 1. The SMILES string of the molecule is C=C(C)C(=O)Oc1ccc2n[nH]nc2c1OCC(C)O. The molecule has 1 aromatic heterocycles. The lowest BCUT2D eigenvalue weighted by Crippen LogP contribution is -2.15. The fourth-order valence-corrected chi connectivity index (χ4v) is 1.48. The van der Waals surface area contributed by atoms with Gasteiger partial charge in [-0.2, -0.15) is 15.4 Å². The molecule has 1 aromatic carbocycles. The average molecular weight is 277 g/mol. The van der Waals surface area contributed by atoms with E-state index in [-0.39, 0.29) is 23.7 Å². The van der Waals surface area contributed by atoms with Crippen LogP contribution in [0.5, 0.6) is 11.5 Å². The first-order valence-electron chi connectivity index (χ1n) is 6.01. The van der Waals surface area contributed by atoms with Crippen molar-refractivity contribution in [3.8, 4) is 11.5 Å². The second-order valence-electron chi connectivity index (χ2n) is 4.41. The Morgan fingerprint density at radius 2 is 2.25 bits per heavy atom. The van der Waals surface area contributed by atoms with Crippen molar-refractivity contribution in [3.05, 3.63) is 24.3 Å². The summed E-state index contributed by atoms with van der Waals surface area (Å²) in [6.45, 7) is 6.70. The van der Waals surface area contributed by atoms with E-state index in [0.717, 1.165) is 0 Å². The van der Waals surface area contributed by atoms with Crippen LogP contribution in [-0.2, 0) is 4.79 Å². The lowest BCUT2D eigenvalue weighted by molar-refractivity contribution is -0.130. The highest BCUT2D eigenvalue weighted by Gasteiger charge is 2.17. The summed E-state index contributed by atoms with van der Waals surface area (Å²) < 4.78 is 10.7. The highest BCUT2D eigenvalue weighted by Crippen LogP contribution is 2.34. The zero-order valence-electron chi connectivity index (χ0n) is 11.2. The van der Waals surface area contributed by atoms with Gasteiger partial charge in [0.15, 0.2) is 17.0 Å². The minimum atomic E-state index is -0.665. The first-order valence-corrected chi connectivity index (χ1v) is 6.01. The van der Waals surface area contributed by atoms with E-state index in [9.17, 15) is 9.90 Å². The van der Waals surface area contributed by atoms with Crippen LogP contribution in [0.2, 0.25) is 0 Å². The maximum Gasteiger partial charge on any atom is 0.338 e. The quantitative estimate of drug-likeness (QED) is 0.484. The molecule has 7 nitrogen and oxygen atoms in total. The summed E-state index contributed by atoms with van der Waals surface area (Å²) in [4.78, 5) is 11.6. The Balaban J connectivity index is 2.38. The fourth-order valence-electron chi connectivity index (χ4n) is 1.48. The molecule has 2 N–H and O–H groups in total. The number of esters is 1. The molecule has 0 aliphatic heterocycles. The molecule has 0 saturated heterocycles. The lowest BCUT2D eigenvalue weighted by Gasteiger charge is -2.12. The molecule has 0 aliphatic carbocycles. The number of aromatic nitrogens is 3. The summed E-state index contributed by atoms with van der Waals surface area (Å²) in [5.41, 5.74) is 1.27. The van der Waals surface area contributed by atoms with Crippen molar-refractivity contribution in [1.82, 2.24) is 15.4 Å². The summed E-state index contributed by atoms with van der Waals surface area (Å²) in [5.74, 6) is -0.0958. The second-order valence-corrected chi connectivity index (χ2v) is 4.41. The van der Waals surface area contributed by atoms with E-state index in [1.807, 2.05) is 0 Å². The third kappa shape index (κ3) is 2.94. The number of aliphatic hydroxyl groups excluding tert-OH is 1. The first-order chi connectivity index (χ1) is 9.49. The van der Waals surface area contributed by atoms with E-state index in [2.05, 4.69) is 22.0 Å². The van der Waals surface area contributed by atoms with Crippen molar-refractivity contribution in [1.29, 1.82) is 0 Å². The fraction of sp³-hybridized carbons (Fsp3) is 0.308. The number of carbonyl (C=O) groups is 1. The number of aromatic amines is 1. The van der Waals surface area contributed by atoms with Gasteiger partial charge in [0.2, 0.25) is 0 Å². The number of rotatable bonds is 5. The van der Waals surface area contributed by atoms with Gasteiger partial charge < -0.3 is 14.6 Å². The van der Waals surface area contributed by atoms with Crippen molar-refractivity contribution in [2.45, 2.75) is 20.0 Å². The smallest absolute Gasteiger partial charge is 0.338 e.